The number of hydrogen-bond donors (Lipinski definition) is 1. The minimum Gasteiger partial charge on any atom is -0.467 e. The lowest BCUT2D eigenvalue weighted by molar-refractivity contribution is -0.145. The predicted octanol–water partition coefficient (Wildman–Crippen LogP) is 1.54. The Bertz CT molecular complexity index is 550. The molecule has 1 N–H and O–H groups in total. The van der Waals surface area contributed by atoms with Gasteiger partial charge in [0.05, 0.1) is 19.6 Å². The smallest absolute Gasteiger partial charge is 0.328 e. The van der Waals surface area contributed by atoms with E-state index in [-0.39, 0.29) is 11.8 Å². The number of hydrogen-bond acceptors (Lipinski definition) is 4. The fourth-order valence-corrected chi connectivity index (χ4v) is 2.53. The summed E-state index contributed by atoms with van der Waals surface area (Å²) < 4.78 is 10.0. The molecule has 2 atom stereocenters. The highest BCUT2D eigenvalue weighted by Gasteiger charge is 2.28. The number of aryl methyl sites for hydroxylation is 2. The minimum absolute atomic E-state index is 0.142. The van der Waals surface area contributed by atoms with Crippen molar-refractivity contribution in [3.8, 4) is 0 Å². The van der Waals surface area contributed by atoms with Crippen molar-refractivity contribution in [1.82, 2.24) is 5.32 Å². The minimum atomic E-state index is -0.666. The monoisotopic (exact) mass is 305 g/mol. The van der Waals surface area contributed by atoms with Crippen molar-refractivity contribution in [3.05, 3.63) is 34.9 Å². The number of rotatable bonds is 5. The largest absolute Gasteiger partial charge is 0.467 e. The van der Waals surface area contributed by atoms with Crippen molar-refractivity contribution < 1.29 is 19.1 Å². The Morgan fingerprint density at radius 3 is 2.73 bits per heavy atom. The number of ether oxygens (including phenoxy) is 2. The van der Waals surface area contributed by atoms with Crippen LogP contribution in [-0.4, -0.2) is 38.2 Å². The van der Waals surface area contributed by atoms with Gasteiger partial charge in [0.25, 0.3) is 0 Å². The van der Waals surface area contributed by atoms with Crippen LogP contribution in [0.3, 0.4) is 0 Å². The van der Waals surface area contributed by atoms with Crippen LogP contribution in [0.2, 0.25) is 0 Å². The molecule has 0 bridgehead atoms. The van der Waals surface area contributed by atoms with Crippen molar-refractivity contribution in [2.45, 2.75) is 32.7 Å². The summed E-state index contributed by atoms with van der Waals surface area (Å²) in [5.41, 5.74) is 3.36. The van der Waals surface area contributed by atoms with Gasteiger partial charge in [0.1, 0.15) is 6.04 Å². The van der Waals surface area contributed by atoms with E-state index in [1.54, 1.807) is 0 Å². The van der Waals surface area contributed by atoms with Gasteiger partial charge in [-0.1, -0.05) is 18.2 Å². The molecule has 22 heavy (non-hydrogen) atoms. The van der Waals surface area contributed by atoms with Crippen LogP contribution in [0.15, 0.2) is 18.2 Å². The second-order valence-corrected chi connectivity index (χ2v) is 5.77. The van der Waals surface area contributed by atoms with E-state index in [4.69, 9.17) is 9.47 Å². The summed E-state index contributed by atoms with van der Waals surface area (Å²) in [4.78, 5) is 24.1. The molecule has 0 aliphatic carbocycles. The third kappa shape index (κ3) is 4.07. The molecule has 1 saturated heterocycles. The highest BCUT2D eigenvalue weighted by Crippen LogP contribution is 2.15. The van der Waals surface area contributed by atoms with Crippen LogP contribution >= 0.6 is 0 Å². The summed E-state index contributed by atoms with van der Waals surface area (Å²) in [6.07, 6.45) is 1.12. The molecule has 1 fully saturated rings. The summed E-state index contributed by atoms with van der Waals surface area (Å²) in [7, 11) is 1.33. The first-order valence-electron chi connectivity index (χ1n) is 7.53. The van der Waals surface area contributed by atoms with Gasteiger partial charge in [-0.05, 0) is 37.0 Å². The molecule has 0 unspecified atom stereocenters. The maximum Gasteiger partial charge on any atom is 0.328 e. The number of amides is 1. The standard InChI is InChI=1S/C17H23NO4/c1-11-4-5-13(8-12(11)2)9-15(17(20)21-3)18-16(19)14-6-7-22-10-14/h4-5,8,14-15H,6-7,9-10H2,1-3H3,(H,18,19)/t14-,15+/m1/s1. The van der Waals surface area contributed by atoms with Crippen LogP contribution in [0.4, 0.5) is 0 Å². The number of benzene rings is 1. The fourth-order valence-electron chi connectivity index (χ4n) is 2.53. The first kappa shape index (κ1) is 16.5. The van der Waals surface area contributed by atoms with Crippen LogP contribution in [0.5, 0.6) is 0 Å². The molecular weight excluding hydrogens is 282 g/mol. The third-order valence-electron chi connectivity index (χ3n) is 4.11. The second-order valence-electron chi connectivity index (χ2n) is 5.77. The normalized spacial score (nSPS) is 18.8. The molecule has 120 valence electrons. The molecule has 0 spiro atoms. The summed E-state index contributed by atoms with van der Waals surface area (Å²) in [5, 5.41) is 2.80. The van der Waals surface area contributed by atoms with Gasteiger partial charge >= 0.3 is 5.97 Å². The van der Waals surface area contributed by atoms with Crippen molar-refractivity contribution in [2.24, 2.45) is 5.92 Å². The summed E-state index contributed by atoms with van der Waals surface area (Å²) >= 11 is 0. The van der Waals surface area contributed by atoms with Gasteiger partial charge in [0.2, 0.25) is 5.91 Å². The third-order valence-corrected chi connectivity index (χ3v) is 4.11. The lowest BCUT2D eigenvalue weighted by Gasteiger charge is -2.19. The maximum atomic E-state index is 12.2. The van der Waals surface area contributed by atoms with E-state index in [0.717, 1.165) is 11.1 Å². The number of methoxy groups -OCH3 is 1. The van der Waals surface area contributed by atoms with E-state index < -0.39 is 12.0 Å². The molecule has 1 aromatic rings. The van der Waals surface area contributed by atoms with Crippen LogP contribution in [0.25, 0.3) is 0 Å². The van der Waals surface area contributed by atoms with Gasteiger partial charge in [-0.3, -0.25) is 4.79 Å². The van der Waals surface area contributed by atoms with E-state index in [9.17, 15) is 9.59 Å². The zero-order chi connectivity index (χ0) is 16.1. The maximum absolute atomic E-state index is 12.2. The van der Waals surface area contributed by atoms with Crippen LogP contribution in [0, 0.1) is 19.8 Å². The molecule has 1 aliphatic rings. The number of carbonyl (C=O) groups is 2. The first-order valence-corrected chi connectivity index (χ1v) is 7.53. The van der Waals surface area contributed by atoms with Crippen LogP contribution in [0.1, 0.15) is 23.1 Å². The number of carbonyl (C=O) groups excluding carboxylic acids is 2. The molecule has 1 aromatic carbocycles. The second kappa shape index (κ2) is 7.40. The van der Waals surface area contributed by atoms with E-state index in [1.165, 1.54) is 12.7 Å². The Morgan fingerprint density at radius 2 is 2.14 bits per heavy atom. The van der Waals surface area contributed by atoms with Crippen molar-refractivity contribution >= 4 is 11.9 Å². The predicted molar refractivity (Wildman–Crippen MR) is 82.5 cm³/mol. The topological polar surface area (TPSA) is 64.6 Å². The SMILES string of the molecule is COC(=O)[C@H](Cc1ccc(C)c(C)c1)NC(=O)[C@@H]1CCOC1. The van der Waals surface area contributed by atoms with E-state index in [1.807, 2.05) is 32.0 Å². The van der Waals surface area contributed by atoms with Gasteiger partial charge in [-0.25, -0.2) is 4.79 Å². The zero-order valence-electron chi connectivity index (χ0n) is 13.3. The van der Waals surface area contributed by atoms with Gasteiger partial charge in [-0.15, -0.1) is 0 Å². The molecule has 5 heteroatoms. The highest BCUT2D eigenvalue weighted by atomic mass is 16.5. The molecular formula is C17H23NO4. The molecule has 0 saturated carbocycles. The molecule has 0 aromatic heterocycles. The Hall–Kier alpha value is -1.88. The zero-order valence-corrected chi connectivity index (χ0v) is 13.3. The van der Waals surface area contributed by atoms with Crippen molar-refractivity contribution in [3.63, 3.8) is 0 Å². The summed E-state index contributed by atoms with van der Waals surface area (Å²) in [5.74, 6) is -0.742. The number of esters is 1. The molecule has 5 nitrogen and oxygen atoms in total. The molecule has 1 amide bonds. The summed E-state index contributed by atoms with van der Waals surface area (Å²) in [6, 6.07) is 5.37. The van der Waals surface area contributed by atoms with Gasteiger partial charge in [0.15, 0.2) is 0 Å². The molecule has 1 heterocycles. The van der Waals surface area contributed by atoms with Crippen LogP contribution < -0.4 is 5.32 Å². The van der Waals surface area contributed by atoms with E-state index >= 15 is 0 Å². The Balaban J connectivity index is 2.06. The average Bonchev–Trinajstić information content (AvgIpc) is 3.03. The summed E-state index contributed by atoms with van der Waals surface area (Å²) in [6.45, 7) is 5.08. The van der Waals surface area contributed by atoms with Crippen LogP contribution in [-0.2, 0) is 25.5 Å². The van der Waals surface area contributed by atoms with Gasteiger partial charge in [-0.2, -0.15) is 0 Å². The molecule has 1 aliphatic heterocycles. The van der Waals surface area contributed by atoms with Crippen molar-refractivity contribution in [1.29, 1.82) is 0 Å². The quantitative estimate of drug-likeness (QED) is 0.838. The van der Waals surface area contributed by atoms with E-state index in [0.29, 0.717) is 26.1 Å². The van der Waals surface area contributed by atoms with E-state index in [2.05, 4.69) is 5.32 Å². The highest BCUT2D eigenvalue weighted by molar-refractivity contribution is 5.86. The molecule has 2 rings (SSSR count). The Labute approximate surface area is 131 Å². The first-order chi connectivity index (χ1) is 10.5. The number of nitrogens with one attached hydrogen (secondary N) is 1. The van der Waals surface area contributed by atoms with Crippen molar-refractivity contribution in [2.75, 3.05) is 20.3 Å². The van der Waals surface area contributed by atoms with Gasteiger partial charge in [0, 0.05) is 13.0 Å². The average molecular weight is 305 g/mol. The Morgan fingerprint density at radius 1 is 1.36 bits per heavy atom. The lowest BCUT2D eigenvalue weighted by atomic mass is 10.00. The lowest BCUT2D eigenvalue weighted by Crippen LogP contribution is -2.45. The molecule has 0 radical (unpaired) electrons. The van der Waals surface area contributed by atoms with Gasteiger partial charge < -0.3 is 14.8 Å². The Kier molecular flexibility index (Phi) is 5.55. The fraction of sp³-hybridized carbons (Fsp3) is 0.529.